The molecule has 13 heteroatoms. The highest BCUT2D eigenvalue weighted by atomic mass is 32.1. The largest absolute Gasteiger partial charge is 0.463 e. The number of ether oxygens (including phenoxy) is 1. The number of hydrogen-bond acceptors (Lipinski definition) is 8. The molecule has 0 bridgehead atoms. The Kier molecular flexibility index (Phi) is 10.1. The van der Waals surface area contributed by atoms with Gasteiger partial charge in [0, 0.05) is 12.0 Å². The molecule has 0 atom stereocenters. The van der Waals surface area contributed by atoms with E-state index in [1.54, 1.807) is 36.4 Å². The average molecular weight is 571 g/mol. The number of amides is 2. The van der Waals surface area contributed by atoms with Gasteiger partial charge in [0.2, 0.25) is 23.8 Å². The van der Waals surface area contributed by atoms with Crippen LogP contribution in [0.15, 0.2) is 54.6 Å². The first-order valence-corrected chi connectivity index (χ1v) is 13.2. The van der Waals surface area contributed by atoms with Crippen LogP contribution in [0.3, 0.4) is 0 Å². The van der Waals surface area contributed by atoms with E-state index in [9.17, 15) is 22.8 Å². The summed E-state index contributed by atoms with van der Waals surface area (Å²) in [5, 5.41) is 22.5. The van der Waals surface area contributed by atoms with E-state index in [-0.39, 0.29) is 24.3 Å². The monoisotopic (exact) mass is 570 g/mol. The van der Waals surface area contributed by atoms with E-state index < -0.39 is 24.4 Å². The Morgan fingerprint density at radius 3 is 2.45 bits per heavy atom. The average Bonchev–Trinajstić information content (AvgIpc) is 3.37. The molecule has 0 spiro atoms. The second kappa shape index (κ2) is 14.1. The van der Waals surface area contributed by atoms with Gasteiger partial charge >= 0.3 is 0 Å². The van der Waals surface area contributed by atoms with Crippen LogP contribution in [0.5, 0.6) is 5.75 Å². The Morgan fingerprint density at radius 2 is 1.65 bits per heavy atom. The van der Waals surface area contributed by atoms with Gasteiger partial charge in [-0.25, -0.2) is 13.2 Å². The summed E-state index contributed by atoms with van der Waals surface area (Å²) in [5.41, 5.74) is 1.41. The molecule has 2 heterocycles. The van der Waals surface area contributed by atoms with Gasteiger partial charge in [0.1, 0.15) is 10.8 Å². The number of nitrogens with zero attached hydrogens (tertiary/aromatic N) is 4. The zero-order valence-corrected chi connectivity index (χ0v) is 22.0. The van der Waals surface area contributed by atoms with Crippen LogP contribution in [0.4, 0.5) is 24.1 Å². The SMILES string of the molecule is O=C(Cc1cccc(OCF)c1)Nc1ccc(CCCCc2nnc(NC(=O)Cc3cccc(F)c3F)s2)nn1. The number of unbranched alkanes of at least 4 members (excludes halogenated alkanes) is 1. The zero-order chi connectivity index (χ0) is 28.3. The van der Waals surface area contributed by atoms with Crippen molar-refractivity contribution < 1.29 is 27.5 Å². The molecule has 0 aliphatic carbocycles. The maximum Gasteiger partial charge on any atom is 0.230 e. The number of alkyl halides is 1. The van der Waals surface area contributed by atoms with Crippen LogP contribution in [0.25, 0.3) is 0 Å². The third-order valence-electron chi connectivity index (χ3n) is 5.64. The molecule has 2 aromatic heterocycles. The van der Waals surface area contributed by atoms with Gasteiger partial charge in [-0.05, 0) is 55.2 Å². The highest BCUT2D eigenvalue weighted by Gasteiger charge is 2.14. The Bertz CT molecular complexity index is 1450. The number of carbonyl (C=O) groups excluding carboxylic acids is 2. The number of hydrogen-bond donors (Lipinski definition) is 2. The van der Waals surface area contributed by atoms with Gasteiger partial charge in [-0.2, -0.15) is 5.10 Å². The van der Waals surface area contributed by atoms with E-state index in [0.717, 1.165) is 29.6 Å². The van der Waals surface area contributed by atoms with Crippen molar-refractivity contribution in [1.82, 2.24) is 20.4 Å². The van der Waals surface area contributed by atoms with E-state index in [2.05, 4.69) is 31.0 Å². The van der Waals surface area contributed by atoms with Gasteiger partial charge in [0.05, 0.1) is 18.5 Å². The first-order chi connectivity index (χ1) is 19.4. The number of carbonyl (C=O) groups is 2. The van der Waals surface area contributed by atoms with Crippen molar-refractivity contribution in [2.75, 3.05) is 17.5 Å². The molecule has 0 aliphatic heterocycles. The molecule has 4 rings (SSSR count). The minimum absolute atomic E-state index is 0.0341. The summed E-state index contributed by atoms with van der Waals surface area (Å²) in [6.07, 6.45) is 2.68. The number of rotatable bonds is 13. The molecule has 208 valence electrons. The number of halogens is 3. The standard InChI is InChI=1S/C27H25F3N6O3S/c28-16-39-20-8-3-5-17(13-20)14-23(37)31-22-12-11-19(33-34-22)7-1-2-10-25-35-36-27(40-25)32-24(38)15-18-6-4-9-21(29)26(18)30/h3-6,8-9,11-13H,1-2,7,10,14-16H2,(H,31,34,37)(H,32,36,38). The molecule has 0 unspecified atom stereocenters. The van der Waals surface area contributed by atoms with E-state index in [1.165, 1.54) is 23.5 Å². The minimum Gasteiger partial charge on any atom is -0.463 e. The smallest absolute Gasteiger partial charge is 0.230 e. The molecule has 9 nitrogen and oxygen atoms in total. The van der Waals surface area contributed by atoms with Crippen molar-refractivity contribution in [1.29, 1.82) is 0 Å². The molecular formula is C27H25F3N6O3S. The van der Waals surface area contributed by atoms with Gasteiger partial charge in [-0.1, -0.05) is 35.6 Å². The van der Waals surface area contributed by atoms with Crippen LogP contribution in [0.2, 0.25) is 0 Å². The van der Waals surface area contributed by atoms with E-state index >= 15 is 0 Å². The summed E-state index contributed by atoms with van der Waals surface area (Å²) < 4.78 is 44.2. The first kappa shape index (κ1) is 28.6. The maximum absolute atomic E-state index is 13.8. The van der Waals surface area contributed by atoms with Gasteiger partial charge in [0.15, 0.2) is 17.5 Å². The third-order valence-corrected chi connectivity index (χ3v) is 6.54. The van der Waals surface area contributed by atoms with Crippen LogP contribution in [-0.4, -0.2) is 39.1 Å². The molecule has 4 aromatic rings. The van der Waals surface area contributed by atoms with Crippen LogP contribution < -0.4 is 15.4 Å². The zero-order valence-electron chi connectivity index (χ0n) is 21.2. The maximum atomic E-state index is 13.8. The van der Waals surface area contributed by atoms with Gasteiger partial charge < -0.3 is 15.4 Å². The van der Waals surface area contributed by atoms with E-state index in [0.29, 0.717) is 35.1 Å². The fourth-order valence-electron chi connectivity index (χ4n) is 3.75. The summed E-state index contributed by atoms with van der Waals surface area (Å²) in [4.78, 5) is 24.5. The highest BCUT2D eigenvalue weighted by Crippen LogP contribution is 2.19. The Hall–Kier alpha value is -4.39. The van der Waals surface area contributed by atoms with Gasteiger partial charge in [-0.3, -0.25) is 9.59 Å². The minimum atomic E-state index is -1.04. The number of aromatic nitrogens is 4. The van der Waals surface area contributed by atoms with E-state index in [4.69, 9.17) is 4.74 Å². The lowest BCUT2D eigenvalue weighted by Crippen LogP contribution is -2.16. The fourth-order valence-corrected chi connectivity index (χ4v) is 4.55. The highest BCUT2D eigenvalue weighted by molar-refractivity contribution is 7.15. The fraction of sp³-hybridized carbons (Fsp3) is 0.259. The summed E-state index contributed by atoms with van der Waals surface area (Å²) >= 11 is 1.22. The van der Waals surface area contributed by atoms with E-state index in [1.807, 2.05) is 0 Å². The molecule has 40 heavy (non-hydrogen) atoms. The van der Waals surface area contributed by atoms with Crippen molar-refractivity contribution in [2.24, 2.45) is 0 Å². The Morgan fingerprint density at radius 1 is 0.850 bits per heavy atom. The molecule has 0 fully saturated rings. The summed E-state index contributed by atoms with van der Waals surface area (Å²) in [5.74, 6) is -2.15. The Labute approximate surface area is 231 Å². The summed E-state index contributed by atoms with van der Waals surface area (Å²) in [6, 6.07) is 13.8. The lowest BCUT2D eigenvalue weighted by atomic mass is 10.1. The van der Waals surface area contributed by atoms with Crippen molar-refractivity contribution in [3.8, 4) is 5.75 Å². The molecule has 0 aliphatic rings. The van der Waals surface area contributed by atoms with Crippen molar-refractivity contribution in [2.45, 2.75) is 38.5 Å². The van der Waals surface area contributed by atoms with Gasteiger partial charge in [-0.15, -0.1) is 15.3 Å². The van der Waals surface area contributed by atoms with Crippen LogP contribution in [0.1, 0.15) is 34.7 Å². The summed E-state index contributed by atoms with van der Waals surface area (Å²) in [6.45, 7) is -0.940. The van der Waals surface area contributed by atoms with Crippen molar-refractivity contribution in [3.05, 3.63) is 88.1 Å². The number of benzene rings is 2. The predicted molar refractivity (Wildman–Crippen MR) is 143 cm³/mol. The van der Waals surface area contributed by atoms with Crippen molar-refractivity contribution in [3.63, 3.8) is 0 Å². The van der Waals surface area contributed by atoms with Crippen LogP contribution in [0, 0.1) is 11.6 Å². The summed E-state index contributed by atoms with van der Waals surface area (Å²) in [7, 11) is 0. The third kappa shape index (κ3) is 8.56. The molecule has 2 N–H and O–H groups in total. The lowest BCUT2D eigenvalue weighted by molar-refractivity contribution is -0.116. The van der Waals surface area contributed by atoms with Crippen molar-refractivity contribution >= 4 is 34.1 Å². The van der Waals surface area contributed by atoms with Gasteiger partial charge in [0.25, 0.3) is 0 Å². The normalized spacial score (nSPS) is 10.8. The topological polar surface area (TPSA) is 119 Å². The van der Waals surface area contributed by atoms with Crippen LogP contribution in [-0.2, 0) is 35.3 Å². The molecule has 0 saturated carbocycles. The predicted octanol–water partition coefficient (Wildman–Crippen LogP) is 4.84. The number of nitrogens with one attached hydrogen (secondary N) is 2. The first-order valence-electron chi connectivity index (χ1n) is 12.3. The number of anilines is 2. The van der Waals surface area contributed by atoms with Crippen LogP contribution >= 0.6 is 11.3 Å². The second-order valence-electron chi connectivity index (χ2n) is 8.68. The lowest BCUT2D eigenvalue weighted by Gasteiger charge is -2.06. The molecule has 2 aromatic carbocycles. The number of aryl methyl sites for hydroxylation is 2. The second-order valence-corrected chi connectivity index (χ2v) is 9.74. The Balaban J connectivity index is 1.16. The molecule has 0 saturated heterocycles. The molecule has 0 radical (unpaired) electrons. The molecule has 2 amide bonds. The molecular weight excluding hydrogens is 545 g/mol. The quantitative estimate of drug-likeness (QED) is 0.221.